The third-order valence-electron chi connectivity index (χ3n) is 2.63. The molecule has 1 unspecified atom stereocenters. The highest BCUT2D eigenvalue weighted by atomic mass is 79.9. The number of alkyl halides is 1. The average Bonchev–Trinajstić information content (AvgIpc) is 2.44. The molecule has 0 radical (unpaired) electrons. The molecule has 0 saturated heterocycles. The quantitative estimate of drug-likeness (QED) is 0.482. The summed E-state index contributed by atoms with van der Waals surface area (Å²) in [6.45, 7) is 3.36. The average molecular weight is 355 g/mol. The van der Waals surface area contributed by atoms with Gasteiger partial charge in [0.05, 0.1) is 17.0 Å². The van der Waals surface area contributed by atoms with Crippen LogP contribution in [0, 0.1) is 0 Å². The number of carbonyl (C=O) groups excluding carboxylic acids is 2. The Morgan fingerprint density at radius 2 is 2.05 bits per heavy atom. The minimum absolute atomic E-state index is 0.121. The first kappa shape index (κ1) is 17.1. The molecule has 0 bridgehead atoms. The number of ether oxygens (including phenoxy) is 1. The smallest absolute Gasteiger partial charge is 0.338 e. The summed E-state index contributed by atoms with van der Waals surface area (Å²) in [5.41, 5.74) is 1.36. The van der Waals surface area contributed by atoms with E-state index in [1.807, 2.05) is 0 Å². The minimum Gasteiger partial charge on any atom is -0.478 e. The van der Waals surface area contributed by atoms with Gasteiger partial charge >= 0.3 is 11.9 Å². The standard InChI is InChI=1S/C15H15BrO5/c1-3-21-15(20)11-4-6-12(14(16)9(2)17)10(8-11)5-7-13(18)19/h4-8,14H,3H2,1-2H3,(H,18,19)/b7-5+. The molecule has 21 heavy (non-hydrogen) atoms. The zero-order valence-corrected chi connectivity index (χ0v) is 13.2. The summed E-state index contributed by atoms with van der Waals surface area (Å²) in [4.78, 5) is 33.3. The first-order chi connectivity index (χ1) is 9.86. The van der Waals surface area contributed by atoms with Crippen molar-refractivity contribution in [2.75, 3.05) is 6.61 Å². The number of carbonyl (C=O) groups is 3. The maximum Gasteiger partial charge on any atom is 0.338 e. The zero-order chi connectivity index (χ0) is 16.0. The van der Waals surface area contributed by atoms with Crippen molar-refractivity contribution in [3.05, 3.63) is 41.0 Å². The number of ketones is 1. The van der Waals surface area contributed by atoms with Crippen LogP contribution in [0.4, 0.5) is 0 Å². The number of benzene rings is 1. The molecule has 0 fully saturated rings. The number of hydrogen-bond acceptors (Lipinski definition) is 4. The van der Waals surface area contributed by atoms with Crippen molar-refractivity contribution in [1.82, 2.24) is 0 Å². The van der Waals surface area contributed by atoms with Crippen LogP contribution < -0.4 is 0 Å². The largest absolute Gasteiger partial charge is 0.478 e. The SMILES string of the molecule is CCOC(=O)c1ccc(C(Br)C(C)=O)c(/C=C/C(=O)O)c1. The molecule has 1 aromatic rings. The molecule has 0 heterocycles. The Hall–Kier alpha value is -1.95. The summed E-state index contributed by atoms with van der Waals surface area (Å²) in [6, 6.07) is 4.65. The predicted octanol–water partition coefficient (Wildman–Crippen LogP) is 2.99. The second-order valence-corrected chi connectivity index (χ2v) is 5.12. The van der Waals surface area contributed by atoms with Gasteiger partial charge in [0.2, 0.25) is 0 Å². The van der Waals surface area contributed by atoms with Crippen molar-refractivity contribution in [2.45, 2.75) is 18.7 Å². The Morgan fingerprint density at radius 3 is 2.57 bits per heavy atom. The predicted molar refractivity (Wildman–Crippen MR) is 81.4 cm³/mol. The molecule has 5 nitrogen and oxygen atoms in total. The van der Waals surface area contributed by atoms with Crippen LogP contribution in [0.2, 0.25) is 0 Å². The van der Waals surface area contributed by atoms with Gasteiger partial charge in [-0.05, 0) is 43.2 Å². The monoisotopic (exact) mass is 354 g/mol. The van der Waals surface area contributed by atoms with Crippen LogP contribution in [-0.4, -0.2) is 29.4 Å². The normalized spacial score (nSPS) is 12.1. The zero-order valence-electron chi connectivity index (χ0n) is 11.6. The van der Waals surface area contributed by atoms with E-state index in [1.165, 1.54) is 19.1 Å². The van der Waals surface area contributed by atoms with Crippen LogP contribution in [0.15, 0.2) is 24.3 Å². The molecular weight excluding hydrogens is 340 g/mol. The molecule has 0 aromatic heterocycles. The van der Waals surface area contributed by atoms with E-state index in [1.54, 1.807) is 19.1 Å². The van der Waals surface area contributed by atoms with Crippen molar-refractivity contribution < 1.29 is 24.2 Å². The van der Waals surface area contributed by atoms with Gasteiger partial charge in [-0.3, -0.25) is 4.79 Å². The lowest BCUT2D eigenvalue weighted by atomic mass is 9.99. The van der Waals surface area contributed by atoms with Gasteiger partial charge in [-0.1, -0.05) is 22.0 Å². The fraction of sp³-hybridized carbons (Fsp3) is 0.267. The Balaban J connectivity index is 3.28. The number of hydrogen-bond donors (Lipinski definition) is 1. The van der Waals surface area contributed by atoms with Gasteiger partial charge in [-0.2, -0.15) is 0 Å². The van der Waals surface area contributed by atoms with E-state index in [2.05, 4.69) is 15.9 Å². The van der Waals surface area contributed by atoms with E-state index in [9.17, 15) is 14.4 Å². The molecule has 0 aliphatic carbocycles. The Labute approximate surface area is 130 Å². The summed E-state index contributed by atoms with van der Waals surface area (Å²) in [6.07, 6.45) is 2.30. The molecule has 0 aliphatic heterocycles. The number of rotatable bonds is 6. The van der Waals surface area contributed by atoms with E-state index in [4.69, 9.17) is 9.84 Å². The second kappa shape index (κ2) is 7.73. The Kier molecular flexibility index (Phi) is 6.30. The van der Waals surface area contributed by atoms with Crippen LogP contribution in [0.1, 0.15) is 40.2 Å². The van der Waals surface area contributed by atoms with Crippen molar-refractivity contribution in [1.29, 1.82) is 0 Å². The van der Waals surface area contributed by atoms with Gasteiger partial charge in [0.1, 0.15) is 5.78 Å². The van der Waals surface area contributed by atoms with Crippen LogP contribution in [0.25, 0.3) is 6.08 Å². The van der Waals surface area contributed by atoms with Crippen LogP contribution >= 0.6 is 15.9 Å². The Morgan fingerprint density at radius 1 is 1.38 bits per heavy atom. The molecular formula is C15H15BrO5. The molecule has 112 valence electrons. The van der Waals surface area contributed by atoms with Gasteiger partial charge in [0.15, 0.2) is 0 Å². The van der Waals surface area contributed by atoms with Gasteiger partial charge < -0.3 is 9.84 Å². The van der Waals surface area contributed by atoms with E-state index in [-0.39, 0.29) is 12.4 Å². The third-order valence-corrected chi connectivity index (χ3v) is 3.77. The topological polar surface area (TPSA) is 80.7 Å². The van der Waals surface area contributed by atoms with Crippen molar-refractivity contribution in [3.63, 3.8) is 0 Å². The summed E-state index contributed by atoms with van der Waals surface area (Å²) in [5.74, 6) is -1.73. The highest BCUT2D eigenvalue weighted by Gasteiger charge is 2.17. The van der Waals surface area contributed by atoms with Gasteiger partial charge in [-0.25, -0.2) is 9.59 Å². The number of aliphatic carboxylic acids is 1. The summed E-state index contributed by atoms with van der Waals surface area (Å²) in [7, 11) is 0. The van der Waals surface area contributed by atoms with Gasteiger partial charge in [0, 0.05) is 6.08 Å². The van der Waals surface area contributed by atoms with Crippen LogP contribution in [-0.2, 0) is 14.3 Å². The number of esters is 1. The summed E-state index contributed by atoms with van der Waals surface area (Å²) in [5, 5.41) is 8.72. The molecule has 0 saturated carbocycles. The Bertz CT molecular complexity index is 592. The lowest BCUT2D eigenvalue weighted by molar-refractivity contribution is -0.131. The summed E-state index contributed by atoms with van der Waals surface area (Å²) >= 11 is 3.25. The highest BCUT2D eigenvalue weighted by molar-refractivity contribution is 9.09. The first-order valence-corrected chi connectivity index (χ1v) is 7.15. The fourth-order valence-corrected chi connectivity index (χ4v) is 2.09. The van der Waals surface area contributed by atoms with Crippen LogP contribution in [0.5, 0.6) is 0 Å². The van der Waals surface area contributed by atoms with E-state index in [0.717, 1.165) is 6.08 Å². The molecule has 1 atom stereocenters. The maximum absolute atomic E-state index is 11.7. The molecule has 1 aromatic carbocycles. The molecule has 0 amide bonds. The third kappa shape index (κ3) is 4.82. The van der Waals surface area contributed by atoms with Crippen molar-refractivity contribution >= 4 is 39.7 Å². The van der Waals surface area contributed by atoms with Gasteiger partial charge in [0.25, 0.3) is 0 Å². The number of carboxylic acid groups (broad SMARTS) is 1. The van der Waals surface area contributed by atoms with Gasteiger partial charge in [-0.15, -0.1) is 0 Å². The molecule has 1 rings (SSSR count). The summed E-state index contributed by atoms with van der Waals surface area (Å²) < 4.78 is 4.90. The number of carboxylic acids is 1. The fourth-order valence-electron chi connectivity index (χ4n) is 1.67. The van der Waals surface area contributed by atoms with E-state index in [0.29, 0.717) is 16.7 Å². The number of halogens is 1. The second-order valence-electron chi connectivity index (χ2n) is 4.21. The van der Waals surface area contributed by atoms with E-state index < -0.39 is 16.8 Å². The highest BCUT2D eigenvalue weighted by Crippen LogP contribution is 2.29. The number of Topliss-reactive ketones (excluding diaryl/α,β-unsaturated/α-hetero) is 1. The van der Waals surface area contributed by atoms with Crippen molar-refractivity contribution in [2.24, 2.45) is 0 Å². The molecule has 0 aliphatic rings. The van der Waals surface area contributed by atoms with Crippen molar-refractivity contribution in [3.8, 4) is 0 Å². The maximum atomic E-state index is 11.7. The lowest BCUT2D eigenvalue weighted by Gasteiger charge is -2.12. The molecule has 1 N–H and O–H groups in total. The molecule has 6 heteroatoms. The minimum atomic E-state index is -1.11. The first-order valence-electron chi connectivity index (χ1n) is 6.23. The molecule has 0 spiro atoms. The van der Waals surface area contributed by atoms with Crippen LogP contribution in [0.3, 0.4) is 0 Å². The lowest BCUT2D eigenvalue weighted by Crippen LogP contribution is -2.08. The van der Waals surface area contributed by atoms with E-state index >= 15 is 0 Å².